The third-order valence-corrected chi connectivity index (χ3v) is 4.39. The molecule has 1 heterocycles. The molecule has 4 nitrogen and oxygen atoms in total. The summed E-state index contributed by atoms with van der Waals surface area (Å²) in [7, 11) is 0. The second kappa shape index (κ2) is 5.39. The van der Waals surface area contributed by atoms with Crippen molar-refractivity contribution in [3.05, 3.63) is 28.8 Å². The first kappa shape index (κ1) is 14.2. The van der Waals surface area contributed by atoms with E-state index in [1.54, 1.807) is 18.2 Å². The first-order chi connectivity index (χ1) is 8.98. The van der Waals surface area contributed by atoms with Gasteiger partial charge < -0.3 is 10.2 Å². The van der Waals surface area contributed by atoms with Crippen molar-refractivity contribution >= 4 is 17.6 Å². The summed E-state index contributed by atoms with van der Waals surface area (Å²) >= 11 is 6.07. The van der Waals surface area contributed by atoms with E-state index in [1.807, 2.05) is 11.8 Å². The van der Waals surface area contributed by atoms with Crippen molar-refractivity contribution in [3.8, 4) is 5.75 Å². The monoisotopic (exact) mass is 283 g/mol. The summed E-state index contributed by atoms with van der Waals surface area (Å²) in [5.74, 6) is -0.572. The molecule has 2 N–H and O–H groups in total. The maximum absolute atomic E-state index is 11.4. The summed E-state index contributed by atoms with van der Waals surface area (Å²) < 4.78 is 0. The maximum atomic E-state index is 11.4. The van der Waals surface area contributed by atoms with Crippen molar-refractivity contribution in [2.24, 2.45) is 5.41 Å². The fraction of sp³-hybridized carbons (Fsp3) is 0.500. The molecule has 0 aromatic heterocycles. The summed E-state index contributed by atoms with van der Waals surface area (Å²) in [5.41, 5.74) is 0.0121. The summed E-state index contributed by atoms with van der Waals surface area (Å²) in [6.07, 6.45) is 1.26. The van der Waals surface area contributed by atoms with Gasteiger partial charge in [0.2, 0.25) is 0 Å². The number of likely N-dealkylation sites (tertiary alicyclic amines) is 1. The smallest absolute Gasteiger partial charge is 0.310 e. The van der Waals surface area contributed by atoms with Crippen LogP contribution in [0.15, 0.2) is 18.2 Å². The minimum Gasteiger partial charge on any atom is -0.508 e. The van der Waals surface area contributed by atoms with Crippen LogP contribution in [0.3, 0.4) is 0 Å². The minimum absolute atomic E-state index is 0.164. The lowest BCUT2D eigenvalue weighted by molar-refractivity contribution is -0.148. The highest BCUT2D eigenvalue weighted by molar-refractivity contribution is 6.31. The van der Waals surface area contributed by atoms with Gasteiger partial charge in [0.15, 0.2) is 0 Å². The molecule has 0 saturated carbocycles. The Hall–Kier alpha value is -1.26. The van der Waals surface area contributed by atoms with Crippen molar-refractivity contribution in [3.63, 3.8) is 0 Å². The Bertz CT molecular complexity index is 471. The molecule has 0 radical (unpaired) electrons. The van der Waals surface area contributed by atoms with Gasteiger partial charge in [-0.2, -0.15) is 0 Å². The van der Waals surface area contributed by atoms with Gasteiger partial charge in [-0.05, 0) is 31.5 Å². The van der Waals surface area contributed by atoms with Gasteiger partial charge in [-0.25, -0.2) is 0 Å². The Morgan fingerprint density at radius 1 is 1.53 bits per heavy atom. The van der Waals surface area contributed by atoms with Gasteiger partial charge in [-0.15, -0.1) is 0 Å². The largest absolute Gasteiger partial charge is 0.508 e. The molecule has 104 valence electrons. The number of hydrogen-bond acceptors (Lipinski definition) is 3. The fourth-order valence-electron chi connectivity index (χ4n) is 2.64. The number of halogens is 1. The van der Waals surface area contributed by atoms with Crippen molar-refractivity contribution in [2.75, 3.05) is 13.1 Å². The van der Waals surface area contributed by atoms with Gasteiger partial charge in [0.1, 0.15) is 5.75 Å². The molecule has 1 saturated heterocycles. The standard InChI is InChI=1S/C14H18ClNO3/c1-2-14(13(18)19)6-7-16(9-14)8-10-11(15)4-3-5-12(10)17/h3-5,17H,2,6-9H2,1H3,(H,18,19). The van der Waals surface area contributed by atoms with Crippen LogP contribution in [0.25, 0.3) is 0 Å². The van der Waals surface area contributed by atoms with E-state index in [4.69, 9.17) is 11.6 Å². The molecule has 1 aromatic carbocycles. The number of hydrogen-bond donors (Lipinski definition) is 2. The van der Waals surface area contributed by atoms with Crippen LogP contribution in [-0.2, 0) is 11.3 Å². The Morgan fingerprint density at radius 2 is 2.26 bits per heavy atom. The molecular weight excluding hydrogens is 266 g/mol. The van der Waals surface area contributed by atoms with E-state index in [9.17, 15) is 15.0 Å². The first-order valence-electron chi connectivity index (χ1n) is 6.40. The first-order valence-corrected chi connectivity index (χ1v) is 6.78. The van der Waals surface area contributed by atoms with Gasteiger partial charge in [-0.3, -0.25) is 9.69 Å². The number of carboxylic acids is 1. The second-order valence-electron chi connectivity index (χ2n) is 5.14. The molecule has 1 unspecified atom stereocenters. The number of nitrogens with zero attached hydrogens (tertiary/aromatic N) is 1. The predicted octanol–water partition coefficient (Wildman–Crippen LogP) is 2.73. The molecule has 0 bridgehead atoms. The van der Waals surface area contributed by atoms with Crippen LogP contribution in [0.2, 0.25) is 5.02 Å². The lowest BCUT2D eigenvalue weighted by Gasteiger charge is -2.23. The van der Waals surface area contributed by atoms with E-state index in [0.717, 1.165) is 0 Å². The summed E-state index contributed by atoms with van der Waals surface area (Å²) in [6.45, 7) is 3.61. The number of rotatable bonds is 4. The van der Waals surface area contributed by atoms with Crippen molar-refractivity contribution in [1.82, 2.24) is 4.90 Å². The number of phenolic OH excluding ortho intramolecular Hbond substituents is 1. The molecule has 1 aromatic rings. The summed E-state index contributed by atoms with van der Waals surface area (Å²) in [6, 6.07) is 5.03. The van der Waals surface area contributed by atoms with Gasteiger partial charge in [0.05, 0.1) is 5.41 Å². The lowest BCUT2D eigenvalue weighted by atomic mass is 9.84. The number of carboxylic acid groups (broad SMARTS) is 1. The number of aliphatic carboxylic acids is 1. The lowest BCUT2D eigenvalue weighted by Crippen LogP contribution is -2.33. The van der Waals surface area contributed by atoms with Crippen LogP contribution in [-0.4, -0.2) is 34.2 Å². The van der Waals surface area contributed by atoms with E-state index >= 15 is 0 Å². The van der Waals surface area contributed by atoms with Crippen LogP contribution in [0, 0.1) is 5.41 Å². The SMILES string of the molecule is CCC1(C(=O)O)CCN(Cc2c(O)cccc2Cl)C1. The zero-order chi connectivity index (χ0) is 14.0. The molecule has 1 atom stereocenters. The molecule has 1 aliphatic heterocycles. The Morgan fingerprint density at radius 3 is 2.79 bits per heavy atom. The fourth-order valence-corrected chi connectivity index (χ4v) is 2.86. The van der Waals surface area contributed by atoms with Crippen LogP contribution < -0.4 is 0 Å². The average Bonchev–Trinajstić information content (AvgIpc) is 2.79. The van der Waals surface area contributed by atoms with E-state index in [2.05, 4.69) is 0 Å². The van der Waals surface area contributed by atoms with Gasteiger partial charge >= 0.3 is 5.97 Å². The molecule has 1 fully saturated rings. The van der Waals surface area contributed by atoms with Crippen LogP contribution >= 0.6 is 11.6 Å². The number of phenols is 1. The molecule has 0 spiro atoms. The van der Waals surface area contributed by atoms with Crippen molar-refractivity contribution in [1.29, 1.82) is 0 Å². The highest BCUT2D eigenvalue weighted by Crippen LogP contribution is 2.36. The average molecular weight is 284 g/mol. The van der Waals surface area contributed by atoms with Crippen LogP contribution in [0.1, 0.15) is 25.3 Å². The van der Waals surface area contributed by atoms with Crippen molar-refractivity contribution < 1.29 is 15.0 Å². The normalized spacial score (nSPS) is 23.7. The summed E-state index contributed by atoms with van der Waals surface area (Å²) in [4.78, 5) is 13.4. The van der Waals surface area contributed by atoms with E-state index < -0.39 is 11.4 Å². The molecular formula is C14H18ClNO3. The van der Waals surface area contributed by atoms with Crippen LogP contribution in [0.5, 0.6) is 5.75 Å². The van der Waals surface area contributed by atoms with Crippen LogP contribution in [0.4, 0.5) is 0 Å². The number of benzene rings is 1. The maximum Gasteiger partial charge on any atom is 0.310 e. The van der Waals surface area contributed by atoms with Crippen molar-refractivity contribution in [2.45, 2.75) is 26.3 Å². The Kier molecular flexibility index (Phi) is 4.02. The molecule has 1 aliphatic rings. The highest BCUT2D eigenvalue weighted by Gasteiger charge is 2.43. The van der Waals surface area contributed by atoms with Gasteiger partial charge in [0.25, 0.3) is 0 Å². The Balaban J connectivity index is 2.13. The van der Waals surface area contributed by atoms with E-state index in [-0.39, 0.29) is 5.75 Å². The zero-order valence-corrected chi connectivity index (χ0v) is 11.7. The predicted molar refractivity (Wildman–Crippen MR) is 73.4 cm³/mol. The van der Waals surface area contributed by atoms with Gasteiger partial charge in [0, 0.05) is 23.7 Å². The second-order valence-corrected chi connectivity index (χ2v) is 5.54. The third kappa shape index (κ3) is 2.69. The Labute approximate surface area is 117 Å². The molecule has 2 rings (SSSR count). The van der Waals surface area contributed by atoms with E-state index in [0.29, 0.717) is 43.1 Å². The number of aromatic hydroxyl groups is 1. The highest BCUT2D eigenvalue weighted by atomic mass is 35.5. The molecule has 19 heavy (non-hydrogen) atoms. The molecule has 5 heteroatoms. The molecule has 0 aliphatic carbocycles. The number of carbonyl (C=O) groups is 1. The zero-order valence-electron chi connectivity index (χ0n) is 10.9. The summed E-state index contributed by atoms with van der Waals surface area (Å²) in [5, 5.41) is 19.7. The molecule has 0 amide bonds. The topological polar surface area (TPSA) is 60.8 Å². The van der Waals surface area contributed by atoms with Gasteiger partial charge in [-0.1, -0.05) is 24.6 Å². The quantitative estimate of drug-likeness (QED) is 0.892. The third-order valence-electron chi connectivity index (χ3n) is 4.04. The minimum atomic E-state index is -0.735. The van der Waals surface area contributed by atoms with E-state index in [1.165, 1.54) is 0 Å².